The van der Waals surface area contributed by atoms with E-state index in [9.17, 15) is 14.7 Å². The Kier molecular flexibility index (Phi) is 6.99. The van der Waals surface area contributed by atoms with E-state index < -0.39 is 6.16 Å². The zero-order valence-electron chi connectivity index (χ0n) is 23.2. The Bertz CT molecular complexity index is 1100. The fourth-order valence-corrected chi connectivity index (χ4v) is 9.84. The van der Waals surface area contributed by atoms with E-state index in [1.807, 2.05) is 6.07 Å². The molecule has 5 aliphatic rings. The quantitative estimate of drug-likeness (QED) is 0.336. The molecule has 8 atom stereocenters. The van der Waals surface area contributed by atoms with Crippen LogP contribution in [0.3, 0.4) is 0 Å². The summed E-state index contributed by atoms with van der Waals surface area (Å²) in [6, 6.07) is 3.54. The lowest BCUT2D eigenvalue weighted by Crippen LogP contribution is -2.53. The molecule has 1 unspecified atom stereocenters. The average Bonchev–Trinajstić information content (AvgIpc) is 3.26. The van der Waals surface area contributed by atoms with Gasteiger partial charge in [-0.3, -0.25) is 4.90 Å². The van der Waals surface area contributed by atoms with Gasteiger partial charge in [0.15, 0.2) is 0 Å². The van der Waals surface area contributed by atoms with Crippen molar-refractivity contribution < 1.29 is 19.1 Å². The van der Waals surface area contributed by atoms with E-state index in [0.29, 0.717) is 35.0 Å². The van der Waals surface area contributed by atoms with Gasteiger partial charge in [0.25, 0.3) is 0 Å². The molecular formula is C32H45NO5. The lowest BCUT2D eigenvalue weighted by Gasteiger charge is -2.60. The van der Waals surface area contributed by atoms with Crippen molar-refractivity contribution in [3.63, 3.8) is 0 Å². The predicted molar refractivity (Wildman–Crippen MR) is 146 cm³/mol. The Morgan fingerprint density at radius 3 is 2.68 bits per heavy atom. The van der Waals surface area contributed by atoms with Gasteiger partial charge >= 0.3 is 11.8 Å². The molecule has 1 aromatic heterocycles. The van der Waals surface area contributed by atoms with E-state index in [4.69, 9.17) is 9.15 Å². The highest BCUT2D eigenvalue weighted by Gasteiger charge is 2.58. The van der Waals surface area contributed by atoms with Gasteiger partial charge in [-0.25, -0.2) is 9.59 Å². The summed E-state index contributed by atoms with van der Waals surface area (Å²) < 4.78 is 10.8. The van der Waals surface area contributed by atoms with Crippen LogP contribution < -0.4 is 5.63 Å². The van der Waals surface area contributed by atoms with Crippen LogP contribution in [0.5, 0.6) is 0 Å². The summed E-state index contributed by atoms with van der Waals surface area (Å²) in [5.74, 6) is 2.73. The van der Waals surface area contributed by atoms with Crippen molar-refractivity contribution in [3.05, 3.63) is 46.0 Å². The Morgan fingerprint density at radius 1 is 1.13 bits per heavy atom. The van der Waals surface area contributed by atoms with E-state index in [1.165, 1.54) is 51.4 Å². The van der Waals surface area contributed by atoms with Gasteiger partial charge in [-0.15, -0.1) is 0 Å². The van der Waals surface area contributed by atoms with Crippen molar-refractivity contribution in [1.82, 2.24) is 4.90 Å². The minimum absolute atomic E-state index is 0.149. The summed E-state index contributed by atoms with van der Waals surface area (Å²) in [5.41, 5.74) is 3.02. The van der Waals surface area contributed by atoms with Crippen molar-refractivity contribution in [1.29, 1.82) is 0 Å². The molecule has 1 saturated heterocycles. The molecule has 4 fully saturated rings. The van der Waals surface area contributed by atoms with Gasteiger partial charge in [-0.05, 0) is 129 Å². The smallest absolute Gasteiger partial charge is 0.450 e. The second-order valence-corrected chi connectivity index (χ2v) is 13.6. The molecule has 6 nitrogen and oxygen atoms in total. The molecular weight excluding hydrogens is 478 g/mol. The number of likely N-dealkylation sites (tertiary alicyclic amines) is 1. The molecule has 6 rings (SSSR count). The number of fused-ring (bicyclic) bond motifs is 5. The molecule has 6 heteroatoms. The molecule has 208 valence electrons. The predicted octanol–water partition coefficient (Wildman–Crippen LogP) is 6.85. The highest BCUT2D eigenvalue weighted by atomic mass is 16.7. The Morgan fingerprint density at radius 2 is 1.95 bits per heavy atom. The zero-order chi connectivity index (χ0) is 26.5. The van der Waals surface area contributed by atoms with E-state index >= 15 is 0 Å². The molecule has 2 heterocycles. The van der Waals surface area contributed by atoms with Gasteiger partial charge in [-0.2, -0.15) is 0 Å². The van der Waals surface area contributed by atoms with Gasteiger partial charge in [-0.1, -0.05) is 31.9 Å². The first-order valence-electron chi connectivity index (χ1n) is 15.2. The second kappa shape index (κ2) is 10.1. The number of piperidine rings is 1. The fraction of sp³-hybridized carbons (Fsp3) is 0.750. The number of carboxylic acid groups (broad SMARTS) is 1. The third kappa shape index (κ3) is 4.55. The Balaban J connectivity index is 1.17. The summed E-state index contributed by atoms with van der Waals surface area (Å²) in [7, 11) is 0. The van der Waals surface area contributed by atoms with E-state index in [2.05, 4.69) is 24.8 Å². The summed E-state index contributed by atoms with van der Waals surface area (Å²) >= 11 is 0. The van der Waals surface area contributed by atoms with Gasteiger partial charge < -0.3 is 14.3 Å². The van der Waals surface area contributed by atoms with Crippen molar-refractivity contribution in [2.75, 3.05) is 19.6 Å². The third-order valence-corrected chi connectivity index (χ3v) is 11.9. The van der Waals surface area contributed by atoms with E-state index in [1.54, 1.807) is 17.9 Å². The number of allylic oxidation sites excluding steroid dienone is 2. The first-order valence-corrected chi connectivity index (χ1v) is 15.2. The molecule has 3 saturated carbocycles. The molecule has 1 N–H and O–H groups in total. The third-order valence-electron chi connectivity index (χ3n) is 11.9. The van der Waals surface area contributed by atoms with Crippen LogP contribution in [-0.4, -0.2) is 41.9 Å². The first-order chi connectivity index (χ1) is 18.3. The van der Waals surface area contributed by atoms with Crippen LogP contribution >= 0.6 is 0 Å². The summed E-state index contributed by atoms with van der Waals surface area (Å²) in [6.45, 7) is 7.92. The number of rotatable bonds is 5. The van der Waals surface area contributed by atoms with Crippen LogP contribution in [0, 0.1) is 34.5 Å². The van der Waals surface area contributed by atoms with Crippen LogP contribution in [0.15, 0.2) is 39.3 Å². The number of nitrogens with zero attached hydrogens (tertiary/aromatic N) is 1. The summed E-state index contributed by atoms with van der Waals surface area (Å²) in [5, 5.41) is 9.54. The van der Waals surface area contributed by atoms with Crippen LogP contribution in [0.2, 0.25) is 0 Å². The van der Waals surface area contributed by atoms with Gasteiger partial charge in [0.2, 0.25) is 0 Å². The van der Waals surface area contributed by atoms with Crippen LogP contribution in [0.1, 0.15) is 96.0 Å². The minimum Gasteiger partial charge on any atom is -0.450 e. The van der Waals surface area contributed by atoms with Crippen LogP contribution in [-0.2, 0) is 4.74 Å². The van der Waals surface area contributed by atoms with E-state index in [-0.39, 0.29) is 17.1 Å². The van der Waals surface area contributed by atoms with Crippen molar-refractivity contribution in [2.45, 2.75) is 96.5 Å². The first kappa shape index (κ1) is 26.2. The molecule has 0 radical (unpaired) electrons. The SMILES string of the molecule is C[C@]12CC[C@H](C(CN3CCCCC3)OC(=O)O)C[C@H]1CC[C@H]1C3=CC[C@H](c4ccc(=O)oc4)[C@@]3(C)CC[C@@H]12. The molecule has 1 aromatic rings. The number of hydrogen-bond donors (Lipinski definition) is 1. The number of hydrogen-bond acceptors (Lipinski definition) is 5. The number of carbonyl (C=O) groups is 1. The maximum Gasteiger partial charge on any atom is 0.506 e. The normalized spacial score (nSPS) is 39.8. The van der Waals surface area contributed by atoms with Crippen LogP contribution in [0.4, 0.5) is 4.79 Å². The standard InChI is InChI=1S/C32H45NO5/c1-31-14-12-21(28(38-30(35)36)19-33-16-4-3-5-17-33)18-23(31)7-8-24-26-10-9-25(22-6-11-29(34)37-20-22)32(26,2)15-13-27(24)31/h6,10-11,20-21,23-25,27-28H,3-5,7-9,12-19H2,1-2H3,(H,35,36)/t21-,23+,24-,25+,27-,28?,31-,32+/m0/s1. The zero-order valence-corrected chi connectivity index (χ0v) is 23.2. The monoisotopic (exact) mass is 523 g/mol. The molecule has 4 aliphatic carbocycles. The van der Waals surface area contributed by atoms with Crippen molar-refractivity contribution >= 4 is 6.16 Å². The fourth-order valence-electron chi connectivity index (χ4n) is 9.84. The molecule has 0 amide bonds. The molecule has 0 bridgehead atoms. The summed E-state index contributed by atoms with van der Waals surface area (Å²) in [4.78, 5) is 25.6. The van der Waals surface area contributed by atoms with Crippen LogP contribution in [0.25, 0.3) is 0 Å². The van der Waals surface area contributed by atoms with E-state index in [0.717, 1.165) is 44.5 Å². The van der Waals surface area contributed by atoms with Gasteiger partial charge in [0.05, 0.1) is 6.26 Å². The number of ether oxygens (including phenoxy) is 1. The maximum atomic E-state index is 11.6. The second-order valence-electron chi connectivity index (χ2n) is 13.6. The maximum absolute atomic E-state index is 11.6. The lowest BCUT2D eigenvalue weighted by atomic mass is 9.45. The van der Waals surface area contributed by atoms with Crippen molar-refractivity contribution in [3.8, 4) is 0 Å². The topological polar surface area (TPSA) is 80.0 Å². The molecule has 1 aliphatic heterocycles. The highest BCUT2D eigenvalue weighted by Crippen LogP contribution is 2.67. The van der Waals surface area contributed by atoms with Gasteiger partial charge in [0, 0.05) is 12.6 Å². The average molecular weight is 524 g/mol. The largest absolute Gasteiger partial charge is 0.506 e. The molecule has 0 aromatic carbocycles. The van der Waals surface area contributed by atoms with Gasteiger partial charge in [0.1, 0.15) is 6.10 Å². The highest BCUT2D eigenvalue weighted by molar-refractivity contribution is 5.57. The Hall–Kier alpha value is -2.08. The minimum atomic E-state index is -1.11. The summed E-state index contributed by atoms with van der Waals surface area (Å²) in [6.07, 6.45) is 15.9. The molecule has 0 spiro atoms. The van der Waals surface area contributed by atoms with Crippen molar-refractivity contribution in [2.24, 2.45) is 34.5 Å². The Labute approximate surface area is 226 Å². The molecule has 38 heavy (non-hydrogen) atoms. The lowest BCUT2D eigenvalue weighted by molar-refractivity contribution is -0.0895.